The number of benzene rings is 9. The monoisotopic (exact) mass is 623 g/mol. The van der Waals surface area contributed by atoms with Crippen LogP contribution in [0.15, 0.2) is 200 Å². The summed E-state index contributed by atoms with van der Waals surface area (Å²) in [5.41, 5.74) is 10.7. The number of anilines is 3. The van der Waals surface area contributed by atoms with Crippen LogP contribution in [0.3, 0.4) is 0 Å². The van der Waals surface area contributed by atoms with Crippen LogP contribution in [0.4, 0.5) is 17.1 Å². The molecule has 0 saturated carbocycles. The second kappa shape index (κ2) is 12.3. The molecule has 0 saturated heterocycles. The van der Waals surface area contributed by atoms with Crippen LogP contribution in [0.25, 0.3) is 65.7 Å². The van der Waals surface area contributed by atoms with Crippen molar-refractivity contribution < 1.29 is 0 Å². The molecule has 0 aliphatic heterocycles. The average molecular weight is 624 g/mol. The molecule has 0 heterocycles. The highest BCUT2D eigenvalue weighted by Crippen LogP contribution is 2.43. The first-order valence-electron chi connectivity index (χ1n) is 16.8. The number of fused-ring (bicyclic) bond motifs is 4. The number of hydrogen-bond donors (Lipinski definition) is 0. The highest BCUT2D eigenvalue weighted by Gasteiger charge is 2.18. The van der Waals surface area contributed by atoms with Gasteiger partial charge in [0.05, 0.1) is 5.69 Å². The van der Waals surface area contributed by atoms with Gasteiger partial charge in [-0.25, -0.2) is 0 Å². The molecule has 0 unspecified atom stereocenters. The predicted octanol–water partition coefficient (Wildman–Crippen LogP) is 13.6. The van der Waals surface area contributed by atoms with E-state index in [2.05, 4.69) is 205 Å². The molecule has 0 aliphatic carbocycles. The fourth-order valence-electron chi connectivity index (χ4n) is 7.21. The predicted molar refractivity (Wildman–Crippen MR) is 210 cm³/mol. The van der Waals surface area contributed by atoms with E-state index in [4.69, 9.17) is 0 Å². The van der Waals surface area contributed by atoms with Gasteiger partial charge in [-0.2, -0.15) is 0 Å². The summed E-state index contributed by atoms with van der Waals surface area (Å²) < 4.78 is 0. The van der Waals surface area contributed by atoms with E-state index in [-0.39, 0.29) is 0 Å². The zero-order valence-electron chi connectivity index (χ0n) is 27.0. The van der Waals surface area contributed by atoms with Crippen molar-refractivity contribution >= 4 is 49.4 Å². The van der Waals surface area contributed by atoms with E-state index in [1.54, 1.807) is 0 Å². The van der Waals surface area contributed by atoms with Crippen LogP contribution in [-0.2, 0) is 0 Å². The molecule has 0 N–H and O–H groups in total. The Labute approximate surface area is 287 Å². The molecule has 9 rings (SSSR count). The zero-order valence-corrected chi connectivity index (χ0v) is 27.0. The normalized spacial score (nSPS) is 11.3. The van der Waals surface area contributed by atoms with Crippen LogP contribution in [0.5, 0.6) is 0 Å². The lowest BCUT2D eigenvalue weighted by molar-refractivity contribution is 1.30. The molecule has 0 fully saturated rings. The van der Waals surface area contributed by atoms with Crippen LogP contribution in [0.1, 0.15) is 0 Å². The van der Waals surface area contributed by atoms with Crippen LogP contribution in [0.2, 0.25) is 0 Å². The van der Waals surface area contributed by atoms with Gasteiger partial charge >= 0.3 is 0 Å². The van der Waals surface area contributed by atoms with Crippen molar-refractivity contribution in [2.24, 2.45) is 0 Å². The standard InChI is InChI=1S/C48H33N/c1-3-13-34(14-4-1)35-23-27-41(28-24-35)49(48-33-40-19-9-10-20-43(40)44-21-11-12-22-45(44)48)42-29-25-37(26-30-42)47-32-39-18-8-7-17-38(39)31-46(47)36-15-5-2-6-16-36/h1-33H. The summed E-state index contributed by atoms with van der Waals surface area (Å²) in [6, 6.07) is 72.5. The minimum atomic E-state index is 1.11. The molecule has 1 heteroatoms. The molecular formula is C48H33N. The Morgan fingerprint density at radius 1 is 0.265 bits per heavy atom. The first kappa shape index (κ1) is 28.8. The third-order valence-corrected chi connectivity index (χ3v) is 9.63. The molecule has 9 aromatic rings. The minimum Gasteiger partial charge on any atom is -0.310 e. The van der Waals surface area contributed by atoms with E-state index in [1.165, 1.54) is 65.7 Å². The van der Waals surface area contributed by atoms with Crippen molar-refractivity contribution in [3.05, 3.63) is 200 Å². The van der Waals surface area contributed by atoms with Gasteiger partial charge in [-0.15, -0.1) is 0 Å². The van der Waals surface area contributed by atoms with Gasteiger partial charge < -0.3 is 4.90 Å². The number of nitrogens with zero attached hydrogens (tertiary/aromatic N) is 1. The molecule has 9 aromatic carbocycles. The van der Waals surface area contributed by atoms with Crippen molar-refractivity contribution in [2.45, 2.75) is 0 Å². The van der Waals surface area contributed by atoms with Crippen molar-refractivity contribution in [1.82, 2.24) is 0 Å². The van der Waals surface area contributed by atoms with Crippen molar-refractivity contribution in [3.8, 4) is 33.4 Å². The maximum absolute atomic E-state index is 2.41. The van der Waals surface area contributed by atoms with Crippen molar-refractivity contribution in [2.75, 3.05) is 4.90 Å². The van der Waals surface area contributed by atoms with Gasteiger partial charge in [-0.3, -0.25) is 0 Å². The van der Waals surface area contributed by atoms with E-state index in [1.807, 2.05) is 0 Å². The lowest BCUT2D eigenvalue weighted by Crippen LogP contribution is -2.10. The van der Waals surface area contributed by atoms with Gasteiger partial charge in [0.1, 0.15) is 0 Å². The molecule has 0 atom stereocenters. The summed E-state index contributed by atoms with van der Waals surface area (Å²) in [5.74, 6) is 0. The summed E-state index contributed by atoms with van der Waals surface area (Å²) in [6.07, 6.45) is 0. The third-order valence-electron chi connectivity index (χ3n) is 9.63. The maximum atomic E-state index is 2.41. The Balaban J connectivity index is 1.22. The Morgan fingerprint density at radius 3 is 1.27 bits per heavy atom. The van der Waals surface area contributed by atoms with Gasteiger partial charge in [0.2, 0.25) is 0 Å². The van der Waals surface area contributed by atoms with Gasteiger partial charge in [-0.05, 0) is 103 Å². The maximum Gasteiger partial charge on any atom is 0.0546 e. The van der Waals surface area contributed by atoms with Gasteiger partial charge in [0.15, 0.2) is 0 Å². The SMILES string of the molecule is c1ccc(-c2ccc(N(c3ccc(-c4cc5ccccc5cc4-c4ccccc4)cc3)c3cc4ccccc4c4ccccc34)cc2)cc1. The molecule has 1 nitrogen and oxygen atoms in total. The van der Waals surface area contributed by atoms with Gasteiger partial charge in [-0.1, -0.05) is 158 Å². The smallest absolute Gasteiger partial charge is 0.0546 e. The Hall–Kier alpha value is -6.44. The second-order valence-electron chi connectivity index (χ2n) is 12.6. The number of hydrogen-bond acceptors (Lipinski definition) is 1. The topological polar surface area (TPSA) is 3.24 Å². The molecule has 0 aromatic heterocycles. The molecule has 0 amide bonds. The van der Waals surface area contributed by atoms with Crippen LogP contribution in [-0.4, -0.2) is 0 Å². The summed E-state index contributed by atoms with van der Waals surface area (Å²) in [7, 11) is 0. The molecular weight excluding hydrogens is 591 g/mol. The highest BCUT2D eigenvalue weighted by atomic mass is 15.1. The summed E-state index contributed by atoms with van der Waals surface area (Å²) in [5, 5.41) is 7.45. The summed E-state index contributed by atoms with van der Waals surface area (Å²) >= 11 is 0. The molecule has 0 radical (unpaired) electrons. The second-order valence-corrected chi connectivity index (χ2v) is 12.6. The average Bonchev–Trinajstić information content (AvgIpc) is 3.19. The summed E-state index contributed by atoms with van der Waals surface area (Å²) in [6.45, 7) is 0. The van der Waals surface area contributed by atoms with Gasteiger partial charge in [0.25, 0.3) is 0 Å². The Kier molecular flexibility index (Phi) is 7.22. The molecule has 0 spiro atoms. The largest absolute Gasteiger partial charge is 0.310 e. The van der Waals surface area contributed by atoms with E-state index >= 15 is 0 Å². The highest BCUT2D eigenvalue weighted by molar-refractivity contribution is 6.14. The Morgan fingerprint density at radius 2 is 0.673 bits per heavy atom. The zero-order chi connectivity index (χ0) is 32.6. The number of rotatable bonds is 6. The molecule has 0 aliphatic rings. The lowest BCUT2D eigenvalue weighted by Gasteiger charge is -2.28. The van der Waals surface area contributed by atoms with E-state index in [9.17, 15) is 0 Å². The summed E-state index contributed by atoms with van der Waals surface area (Å²) in [4.78, 5) is 2.41. The molecule has 49 heavy (non-hydrogen) atoms. The molecule has 0 bridgehead atoms. The first-order chi connectivity index (χ1) is 24.3. The van der Waals surface area contributed by atoms with E-state index < -0.39 is 0 Å². The third kappa shape index (κ3) is 5.32. The van der Waals surface area contributed by atoms with E-state index in [0.717, 1.165) is 17.1 Å². The first-order valence-corrected chi connectivity index (χ1v) is 16.8. The quantitative estimate of drug-likeness (QED) is 0.167. The van der Waals surface area contributed by atoms with Crippen LogP contribution in [0, 0.1) is 0 Å². The van der Waals surface area contributed by atoms with Gasteiger partial charge in [0, 0.05) is 16.8 Å². The fraction of sp³-hybridized carbons (Fsp3) is 0. The Bertz CT molecular complexity index is 2570. The minimum absolute atomic E-state index is 1.11. The fourth-order valence-corrected chi connectivity index (χ4v) is 7.21. The van der Waals surface area contributed by atoms with Crippen LogP contribution >= 0.6 is 0 Å². The molecule has 230 valence electrons. The van der Waals surface area contributed by atoms with Crippen molar-refractivity contribution in [1.29, 1.82) is 0 Å². The lowest BCUT2D eigenvalue weighted by atomic mass is 9.91. The van der Waals surface area contributed by atoms with E-state index in [0.29, 0.717) is 0 Å². The van der Waals surface area contributed by atoms with Crippen LogP contribution < -0.4 is 4.90 Å². The van der Waals surface area contributed by atoms with Crippen molar-refractivity contribution in [3.63, 3.8) is 0 Å².